The van der Waals surface area contributed by atoms with Gasteiger partial charge in [-0.25, -0.2) is 0 Å². The Morgan fingerprint density at radius 3 is 2.93 bits per heavy atom. The molecule has 5 rings (SSSR count). The van der Waals surface area contributed by atoms with Crippen molar-refractivity contribution in [2.24, 2.45) is 10.3 Å². The Kier molecular flexibility index (Phi) is 4.63. The molecule has 0 bridgehead atoms. The van der Waals surface area contributed by atoms with Gasteiger partial charge in [0.05, 0.1) is 5.69 Å². The maximum Gasteiger partial charge on any atom is 0.286 e. The number of benzene rings is 2. The lowest BCUT2D eigenvalue weighted by Crippen LogP contribution is -2.41. The number of para-hydroxylation sites is 1. The number of hydrogen-bond acceptors (Lipinski definition) is 5. The van der Waals surface area contributed by atoms with Crippen LogP contribution in [0.5, 0.6) is 5.75 Å². The van der Waals surface area contributed by atoms with Gasteiger partial charge < -0.3 is 10.1 Å². The number of fused-ring (bicyclic) bond motifs is 2. The minimum atomic E-state index is -3.64. The Labute approximate surface area is 178 Å². The normalized spacial score (nSPS) is 24.2. The van der Waals surface area contributed by atoms with Crippen molar-refractivity contribution >= 4 is 21.5 Å². The second-order valence-corrected chi connectivity index (χ2v) is 10.7. The smallest absolute Gasteiger partial charge is 0.286 e. The minimum absolute atomic E-state index is 0.0820. The Bertz CT molecular complexity index is 1120. The maximum absolute atomic E-state index is 12.6. The second kappa shape index (κ2) is 7.10. The van der Waals surface area contributed by atoms with Crippen LogP contribution in [-0.2, 0) is 23.0 Å². The Morgan fingerprint density at radius 1 is 1.23 bits per heavy atom. The molecule has 1 fully saturated rings. The average molecular weight is 426 g/mol. The molecule has 158 valence electrons. The van der Waals surface area contributed by atoms with Gasteiger partial charge in [0.2, 0.25) is 0 Å². The monoisotopic (exact) mass is 425 g/mol. The molecule has 30 heavy (non-hydrogen) atoms. The zero-order valence-corrected chi connectivity index (χ0v) is 18.2. The molecule has 1 atom stereocenters. The standard InChI is InChI=1S/C23H27N3O3S/c1-23(2)13-18-12-16(9-10-20(18)29-23)14-26-11-5-6-17(15-26)22-24-19-7-3-4-8-21(19)30(27,28)25-22/h3-4,7-10,12,17H,5-6,11,13-15H2,1-2H3,(H,24,25). The van der Waals surface area contributed by atoms with Gasteiger partial charge in [-0.1, -0.05) is 24.3 Å². The van der Waals surface area contributed by atoms with E-state index in [1.54, 1.807) is 18.2 Å². The van der Waals surface area contributed by atoms with Gasteiger partial charge in [-0.3, -0.25) is 4.90 Å². The molecule has 0 radical (unpaired) electrons. The second-order valence-electron chi connectivity index (χ2n) is 9.13. The highest BCUT2D eigenvalue weighted by molar-refractivity contribution is 7.90. The van der Waals surface area contributed by atoms with Crippen LogP contribution in [0.4, 0.5) is 5.69 Å². The summed E-state index contributed by atoms with van der Waals surface area (Å²) >= 11 is 0. The summed E-state index contributed by atoms with van der Waals surface area (Å²) in [6.07, 6.45) is 2.89. The van der Waals surface area contributed by atoms with E-state index in [1.807, 2.05) is 6.07 Å². The highest BCUT2D eigenvalue weighted by Crippen LogP contribution is 2.36. The predicted octanol–water partition coefficient (Wildman–Crippen LogP) is 3.83. The maximum atomic E-state index is 12.6. The SMILES string of the molecule is CC1(C)Cc2cc(CN3CCCC(C4=NS(=O)(=O)c5ccccc5N4)C3)ccc2O1. The molecule has 7 heteroatoms. The molecule has 3 heterocycles. The third kappa shape index (κ3) is 3.72. The quantitative estimate of drug-likeness (QED) is 0.809. The number of amidine groups is 1. The molecule has 2 aromatic carbocycles. The first-order chi connectivity index (χ1) is 14.3. The zero-order chi connectivity index (χ0) is 20.9. The molecule has 0 amide bonds. The number of anilines is 1. The summed E-state index contributed by atoms with van der Waals surface area (Å²) < 4.78 is 35.3. The van der Waals surface area contributed by atoms with Crippen LogP contribution in [0.2, 0.25) is 0 Å². The van der Waals surface area contributed by atoms with Crippen molar-refractivity contribution in [3.63, 3.8) is 0 Å². The van der Waals surface area contributed by atoms with E-state index in [0.717, 1.165) is 44.6 Å². The van der Waals surface area contributed by atoms with Gasteiger partial charge >= 0.3 is 0 Å². The van der Waals surface area contributed by atoms with E-state index < -0.39 is 10.0 Å². The van der Waals surface area contributed by atoms with Crippen molar-refractivity contribution in [1.82, 2.24) is 4.90 Å². The number of nitrogens with one attached hydrogen (secondary N) is 1. The number of sulfonamides is 1. The van der Waals surface area contributed by atoms with Crippen LogP contribution in [0.3, 0.4) is 0 Å². The van der Waals surface area contributed by atoms with Gasteiger partial charge in [0.1, 0.15) is 22.1 Å². The average Bonchev–Trinajstić information content (AvgIpc) is 3.01. The van der Waals surface area contributed by atoms with E-state index >= 15 is 0 Å². The molecular formula is C23H27N3O3S. The van der Waals surface area contributed by atoms with Gasteiger partial charge in [-0.2, -0.15) is 8.42 Å². The van der Waals surface area contributed by atoms with E-state index in [1.165, 1.54) is 11.1 Å². The fourth-order valence-electron chi connectivity index (χ4n) is 4.75. The predicted molar refractivity (Wildman–Crippen MR) is 118 cm³/mol. The number of rotatable bonds is 3. The van der Waals surface area contributed by atoms with Gasteiger partial charge in [0.25, 0.3) is 10.0 Å². The van der Waals surface area contributed by atoms with Crippen LogP contribution < -0.4 is 10.1 Å². The van der Waals surface area contributed by atoms with Crippen LogP contribution in [0.25, 0.3) is 0 Å². The molecule has 0 aliphatic carbocycles. The van der Waals surface area contributed by atoms with Crippen LogP contribution in [0.1, 0.15) is 37.8 Å². The summed E-state index contributed by atoms with van der Waals surface area (Å²) in [5, 5.41) is 3.28. The van der Waals surface area contributed by atoms with Crippen molar-refractivity contribution in [1.29, 1.82) is 0 Å². The first-order valence-electron chi connectivity index (χ1n) is 10.5. The summed E-state index contributed by atoms with van der Waals surface area (Å²) in [6, 6.07) is 13.4. The van der Waals surface area contributed by atoms with Crippen LogP contribution in [0.15, 0.2) is 51.8 Å². The lowest BCUT2D eigenvalue weighted by atomic mass is 9.95. The highest BCUT2D eigenvalue weighted by Gasteiger charge is 2.32. The number of nitrogens with zero attached hydrogens (tertiary/aromatic N) is 2. The van der Waals surface area contributed by atoms with E-state index in [9.17, 15) is 8.42 Å². The molecule has 2 aromatic rings. The third-order valence-corrected chi connectivity index (χ3v) is 7.42. The van der Waals surface area contributed by atoms with E-state index in [0.29, 0.717) is 11.5 Å². The summed E-state index contributed by atoms with van der Waals surface area (Å²) in [6.45, 7) is 6.88. The van der Waals surface area contributed by atoms with Gasteiger partial charge in [0, 0.05) is 25.4 Å². The molecule has 3 aliphatic heterocycles. The van der Waals surface area contributed by atoms with Gasteiger partial charge in [-0.15, -0.1) is 4.40 Å². The minimum Gasteiger partial charge on any atom is -0.487 e. The largest absolute Gasteiger partial charge is 0.487 e. The Balaban J connectivity index is 1.31. The Morgan fingerprint density at radius 2 is 2.07 bits per heavy atom. The Hall–Kier alpha value is -2.38. The zero-order valence-electron chi connectivity index (χ0n) is 17.4. The molecule has 1 saturated heterocycles. The van der Waals surface area contributed by atoms with Crippen molar-refractivity contribution in [3.05, 3.63) is 53.6 Å². The fourth-order valence-corrected chi connectivity index (χ4v) is 5.95. The number of ether oxygens (including phenoxy) is 1. The van der Waals surface area contributed by atoms with E-state index in [4.69, 9.17) is 4.74 Å². The number of hydrogen-bond donors (Lipinski definition) is 1. The molecule has 0 saturated carbocycles. The first kappa shape index (κ1) is 19.6. The van der Waals surface area contributed by atoms with E-state index in [-0.39, 0.29) is 16.4 Å². The fraction of sp³-hybridized carbons (Fsp3) is 0.435. The molecule has 1 N–H and O–H groups in total. The molecule has 6 nitrogen and oxygen atoms in total. The topological polar surface area (TPSA) is 71.0 Å². The lowest BCUT2D eigenvalue weighted by Gasteiger charge is -2.34. The van der Waals surface area contributed by atoms with Crippen LogP contribution >= 0.6 is 0 Å². The first-order valence-corrected chi connectivity index (χ1v) is 12.0. The molecule has 0 aromatic heterocycles. The summed E-state index contributed by atoms with van der Waals surface area (Å²) in [5.41, 5.74) is 3.03. The van der Waals surface area contributed by atoms with E-state index in [2.05, 4.69) is 46.7 Å². The molecule has 1 unspecified atom stereocenters. The third-order valence-electron chi connectivity index (χ3n) is 6.07. The molecule has 0 spiro atoms. The van der Waals surface area contributed by atoms with Gasteiger partial charge in [-0.05, 0) is 62.6 Å². The highest BCUT2D eigenvalue weighted by atomic mass is 32.2. The van der Waals surface area contributed by atoms with Crippen molar-refractivity contribution < 1.29 is 13.2 Å². The summed E-state index contributed by atoms with van der Waals surface area (Å²) in [4.78, 5) is 2.65. The van der Waals surface area contributed by atoms with Gasteiger partial charge in [0.15, 0.2) is 0 Å². The molecule has 3 aliphatic rings. The lowest BCUT2D eigenvalue weighted by molar-refractivity contribution is 0.138. The van der Waals surface area contributed by atoms with Crippen LogP contribution in [-0.4, -0.2) is 37.8 Å². The van der Waals surface area contributed by atoms with Crippen molar-refractivity contribution in [3.8, 4) is 5.75 Å². The molecular weight excluding hydrogens is 398 g/mol. The van der Waals surface area contributed by atoms with Crippen LogP contribution in [0, 0.1) is 5.92 Å². The number of likely N-dealkylation sites (tertiary alicyclic amines) is 1. The van der Waals surface area contributed by atoms with Crippen molar-refractivity contribution in [2.45, 2.75) is 50.2 Å². The summed E-state index contributed by atoms with van der Waals surface area (Å²) in [7, 11) is -3.64. The summed E-state index contributed by atoms with van der Waals surface area (Å²) in [5.74, 6) is 1.64. The van der Waals surface area contributed by atoms with Crippen molar-refractivity contribution in [2.75, 3.05) is 18.4 Å². The number of piperidine rings is 1.